The van der Waals surface area contributed by atoms with Gasteiger partial charge in [-0.3, -0.25) is 10.1 Å². The molecule has 0 radical (unpaired) electrons. The number of aryl methyl sites for hydroxylation is 1. The van der Waals surface area contributed by atoms with Crippen molar-refractivity contribution < 1.29 is 4.92 Å². The molecule has 3 nitrogen and oxygen atoms in total. The second kappa shape index (κ2) is 5.29. The van der Waals surface area contributed by atoms with Gasteiger partial charge in [0.2, 0.25) is 0 Å². The van der Waals surface area contributed by atoms with Crippen LogP contribution in [0.2, 0.25) is 0 Å². The smallest absolute Gasteiger partial charge is 0.258 e. The molecule has 1 aromatic carbocycles. The van der Waals surface area contributed by atoms with E-state index in [2.05, 4.69) is 13.5 Å². The highest BCUT2D eigenvalue weighted by Crippen LogP contribution is 2.19. The molecular weight excluding hydrogens is 190 g/mol. The Kier molecular flexibility index (Phi) is 4.03. The Balaban J connectivity index is 3.00. The molecule has 0 heterocycles. The summed E-state index contributed by atoms with van der Waals surface area (Å²) in [5.74, 6) is 0. The monoisotopic (exact) mass is 205 g/mol. The minimum Gasteiger partial charge on any atom is -0.258 e. The van der Waals surface area contributed by atoms with Gasteiger partial charge in [0.05, 0.1) is 4.92 Å². The molecule has 0 saturated heterocycles. The molecule has 1 rings (SSSR count). The molecule has 0 aromatic heterocycles. The van der Waals surface area contributed by atoms with E-state index in [1.165, 1.54) is 0 Å². The Hall–Kier alpha value is -1.64. The first-order valence-corrected chi connectivity index (χ1v) is 5.08. The first-order chi connectivity index (χ1) is 7.17. The van der Waals surface area contributed by atoms with Gasteiger partial charge in [0, 0.05) is 12.1 Å². The summed E-state index contributed by atoms with van der Waals surface area (Å²) in [6.45, 7) is 5.73. The van der Waals surface area contributed by atoms with E-state index in [4.69, 9.17) is 0 Å². The zero-order valence-electron chi connectivity index (χ0n) is 8.90. The summed E-state index contributed by atoms with van der Waals surface area (Å²) < 4.78 is 0. The molecule has 0 aliphatic rings. The second-order valence-corrected chi connectivity index (χ2v) is 3.50. The number of nitro benzene ring substituents is 1. The van der Waals surface area contributed by atoms with E-state index in [0.29, 0.717) is 0 Å². The van der Waals surface area contributed by atoms with Crippen molar-refractivity contribution >= 4 is 11.8 Å². The molecule has 0 amide bonds. The summed E-state index contributed by atoms with van der Waals surface area (Å²) in [6, 6.07) is 5.14. The van der Waals surface area contributed by atoms with E-state index in [9.17, 15) is 10.1 Å². The summed E-state index contributed by atoms with van der Waals surface area (Å²) in [7, 11) is 0. The van der Waals surface area contributed by atoms with Gasteiger partial charge in [-0.05, 0) is 24.0 Å². The molecule has 15 heavy (non-hydrogen) atoms. The predicted octanol–water partition coefficient (Wildman–Crippen LogP) is 3.58. The molecule has 0 bridgehead atoms. The third kappa shape index (κ3) is 3.20. The van der Waals surface area contributed by atoms with Crippen LogP contribution in [0, 0.1) is 10.1 Å². The lowest BCUT2D eigenvalue weighted by Crippen LogP contribution is -1.92. The SMILES string of the molecule is C=Cc1cc(CCCC)cc([N+](=O)[O-])c1. The van der Waals surface area contributed by atoms with E-state index >= 15 is 0 Å². The summed E-state index contributed by atoms with van der Waals surface area (Å²) in [4.78, 5) is 10.3. The fourth-order valence-corrected chi connectivity index (χ4v) is 1.45. The molecule has 1 aromatic rings. The normalized spacial score (nSPS) is 9.93. The third-order valence-electron chi connectivity index (χ3n) is 2.27. The lowest BCUT2D eigenvalue weighted by atomic mass is 10.0. The molecule has 0 fully saturated rings. The first-order valence-electron chi connectivity index (χ1n) is 5.08. The summed E-state index contributed by atoms with van der Waals surface area (Å²) in [5, 5.41) is 10.7. The Morgan fingerprint density at radius 1 is 1.47 bits per heavy atom. The van der Waals surface area contributed by atoms with Gasteiger partial charge in [-0.15, -0.1) is 0 Å². The van der Waals surface area contributed by atoms with Gasteiger partial charge in [-0.2, -0.15) is 0 Å². The summed E-state index contributed by atoms with van der Waals surface area (Å²) >= 11 is 0. The Morgan fingerprint density at radius 3 is 2.73 bits per heavy atom. The molecular formula is C12H15NO2. The second-order valence-electron chi connectivity index (χ2n) is 3.50. The standard InChI is InChI=1S/C12H15NO2/c1-3-5-6-11-7-10(4-2)8-12(9-11)13(14)15/h4,7-9H,2-3,5-6H2,1H3. The van der Waals surface area contributed by atoms with E-state index in [1.807, 2.05) is 6.07 Å². The molecule has 0 aliphatic heterocycles. The molecule has 80 valence electrons. The van der Waals surface area contributed by atoms with Gasteiger partial charge < -0.3 is 0 Å². The van der Waals surface area contributed by atoms with E-state index in [0.717, 1.165) is 30.4 Å². The highest BCUT2D eigenvalue weighted by Gasteiger charge is 2.07. The minimum atomic E-state index is -0.359. The van der Waals surface area contributed by atoms with E-state index in [1.54, 1.807) is 18.2 Å². The van der Waals surface area contributed by atoms with Crippen LogP contribution in [0.1, 0.15) is 30.9 Å². The lowest BCUT2D eigenvalue weighted by molar-refractivity contribution is -0.384. The van der Waals surface area contributed by atoms with Crippen molar-refractivity contribution in [3.63, 3.8) is 0 Å². The zero-order chi connectivity index (χ0) is 11.3. The van der Waals surface area contributed by atoms with Crippen LogP contribution >= 0.6 is 0 Å². The quantitative estimate of drug-likeness (QED) is 0.544. The van der Waals surface area contributed by atoms with Crippen molar-refractivity contribution in [3.8, 4) is 0 Å². The maximum absolute atomic E-state index is 10.7. The molecule has 0 aliphatic carbocycles. The number of hydrogen-bond acceptors (Lipinski definition) is 2. The van der Waals surface area contributed by atoms with Crippen LogP contribution in [-0.4, -0.2) is 4.92 Å². The van der Waals surface area contributed by atoms with Gasteiger partial charge >= 0.3 is 0 Å². The highest BCUT2D eigenvalue weighted by molar-refractivity contribution is 5.53. The van der Waals surface area contributed by atoms with Crippen LogP contribution in [-0.2, 0) is 6.42 Å². The predicted molar refractivity (Wildman–Crippen MR) is 61.8 cm³/mol. The van der Waals surface area contributed by atoms with Crippen molar-refractivity contribution in [1.29, 1.82) is 0 Å². The largest absolute Gasteiger partial charge is 0.270 e. The van der Waals surface area contributed by atoms with E-state index in [-0.39, 0.29) is 10.6 Å². The Morgan fingerprint density at radius 2 is 2.20 bits per heavy atom. The van der Waals surface area contributed by atoms with Gasteiger partial charge in [0.15, 0.2) is 0 Å². The molecule has 0 unspecified atom stereocenters. The van der Waals surface area contributed by atoms with Crippen LogP contribution in [0.5, 0.6) is 0 Å². The molecule has 0 saturated carbocycles. The van der Waals surface area contributed by atoms with E-state index < -0.39 is 0 Å². The van der Waals surface area contributed by atoms with Crippen LogP contribution in [0.4, 0.5) is 5.69 Å². The summed E-state index contributed by atoms with van der Waals surface area (Å²) in [6.07, 6.45) is 4.67. The molecule has 0 spiro atoms. The third-order valence-corrected chi connectivity index (χ3v) is 2.27. The molecule has 0 N–H and O–H groups in total. The van der Waals surface area contributed by atoms with Gasteiger partial charge in [0.1, 0.15) is 0 Å². The van der Waals surface area contributed by atoms with Crippen molar-refractivity contribution in [3.05, 3.63) is 46.0 Å². The first kappa shape index (κ1) is 11.4. The fraction of sp³-hybridized carbons (Fsp3) is 0.333. The van der Waals surface area contributed by atoms with Crippen molar-refractivity contribution in [2.75, 3.05) is 0 Å². The van der Waals surface area contributed by atoms with Crippen LogP contribution in [0.15, 0.2) is 24.8 Å². The van der Waals surface area contributed by atoms with Crippen LogP contribution < -0.4 is 0 Å². The molecule has 3 heteroatoms. The maximum Gasteiger partial charge on any atom is 0.270 e. The zero-order valence-corrected chi connectivity index (χ0v) is 8.90. The number of benzene rings is 1. The minimum absolute atomic E-state index is 0.151. The Labute approximate surface area is 89.6 Å². The average molecular weight is 205 g/mol. The number of hydrogen-bond donors (Lipinski definition) is 0. The lowest BCUT2D eigenvalue weighted by Gasteiger charge is -2.02. The molecule has 0 atom stereocenters. The summed E-state index contributed by atoms with van der Waals surface area (Å²) in [5.41, 5.74) is 1.98. The van der Waals surface area contributed by atoms with Gasteiger partial charge in [-0.25, -0.2) is 0 Å². The van der Waals surface area contributed by atoms with Crippen molar-refractivity contribution in [2.45, 2.75) is 26.2 Å². The van der Waals surface area contributed by atoms with Gasteiger partial charge in [0.25, 0.3) is 5.69 Å². The Bertz CT molecular complexity index is 372. The maximum atomic E-state index is 10.7. The number of unbranched alkanes of at least 4 members (excludes halogenated alkanes) is 1. The fourth-order valence-electron chi connectivity index (χ4n) is 1.45. The van der Waals surface area contributed by atoms with Crippen LogP contribution in [0.25, 0.3) is 6.08 Å². The average Bonchev–Trinajstić information content (AvgIpc) is 2.25. The number of non-ortho nitro benzene ring substituents is 1. The van der Waals surface area contributed by atoms with Crippen LogP contribution in [0.3, 0.4) is 0 Å². The highest BCUT2D eigenvalue weighted by atomic mass is 16.6. The number of nitro groups is 1. The van der Waals surface area contributed by atoms with Gasteiger partial charge in [-0.1, -0.05) is 32.1 Å². The number of rotatable bonds is 5. The topological polar surface area (TPSA) is 43.1 Å². The number of nitrogens with zero attached hydrogens (tertiary/aromatic N) is 1. The van der Waals surface area contributed by atoms with Crippen molar-refractivity contribution in [2.24, 2.45) is 0 Å². The van der Waals surface area contributed by atoms with Crippen molar-refractivity contribution in [1.82, 2.24) is 0 Å².